The van der Waals surface area contributed by atoms with E-state index in [4.69, 9.17) is 4.74 Å². The maximum Gasteiger partial charge on any atom is 0.231 e. The van der Waals surface area contributed by atoms with Gasteiger partial charge in [-0.25, -0.2) is 0 Å². The number of para-hydroxylation sites is 2. The van der Waals surface area contributed by atoms with Crippen LogP contribution in [0.5, 0.6) is 5.75 Å². The van der Waals surface area contributed by atoms with Gasteiger partial charge >= 0.3 is 0 Å². The summed E-state index contributed by atoms with van der Waals surface area (Å²) in [7, 11) is 0. The Bertz CT molecular complexity index is 1100. The normalized spacial score (nSPS) is 20.3. The van der Waals surface area contributed by atoms with Gasteiger partial charge in [0.15, 0.2) is 0 Å². The number of rotatable bonds is 2. The number of carbonyl (C=O) groups is 2. The van der Waals surface area contributed by atoms with Crippen LogP contribution in [0.4, 0.5) is 5.69 Å². The van der Waals surface area contributed by atoms with E-state index in [0.29, 0.717) is 13.1 Å². The minimum Gasteiger partial charge on any atom is -0.484 e. The molecule has 3 aromatic rings. The highest BCUT2D eigenvalue weighted by atomic mass is 16.5. The number of nitrogens with zero attached hydrogens (tertiary/aromatic N) is 1. The maximum atomic E-state index is 13.7. The summed E-state index contributed by atoms with van der Waals surface area (Å²) >= 11 is 0. The topological polar surface area (TPSA) is 58.6 Å². The molecule has 5 rings (SSSR count). The molecular weight excluding hydrogens is 376 g/mol. The fraction of sp³-hybridized carbons (Fsp3) is 0.200. The lowest BCUT2D eigenvalue weighted by atomic mass is 9.89. The second-order valence-electron chi connectivity index (χ2n) is 7.74. The molecule has 2 aliphatic heterocycles. The molecule has 0 aromatic heterocycles. The van der Waals surface area contributed by atoms with E-state index in [0.717, 1.165) is 28.1 Å². The molecular formula is C25H22N2O3. The highest BCUT2D eigenvalue weighted by molar-refractivity contribution is 6.01. The Morgan fingerprint density at radius 3 is 2.53 bits per heavy atom. The number of benzene rings is 3. The maximum absolute atomic E-state index is 13.7. The summed E-state index contributed by atoms with van der Waals surface area (Å²) < 4.78 is 6.33. The molecule has 0 aliphatic carbocycles. The van der Waals surface area contributed by atoms with E-state index >= 15 is 0 Å². The van der Waals surface area contributed by atoms with Gasteiger partial charge in [0, 0.05) is 24.2 Å². The summed E-state index contributed by atoms with van der Waals surface area (Å²) in [5.74, 6) is 0.136. The smallest absolute Gasteiger partial charge is 0.231 e. The highest BCUT2D eigenvalue weighted by Crippen LogP contribution is 2.36. The SMILES string of the molecule is O=C1CC(C(=O)N2Cc3ccccc3OC(c3ccccc3)C2)c2ccccc2N1. The average molecular weight is 398 g/mol. The van der Waals surface area contributed by atoms with Crippen molar-refractivity contribution in [2.24, 2.45) is 0 Å². The number of amides is 2. The van der Waals surface area contributed by atoms with Crippen molar-refractivity contribution < 1.29 is 14.3 Å². The van der Waals surface area contributed by atoms with E-state index in [-0.39, 0.29) is 24.3 Å². The molecule has 3 aromatic carbocycles. The van der Waals surface area contributed by atoms with Crippen molar-refractivity contribution in [1.82, 2.24) is 4.90 Å². The fourth-order valence-corrected chi connectivity index (χ4v) is 4.27. The van der Waals surface area contributed by atoms with Crippen LogP contribution in [0.2, 0.25) is 0 Å². The number of ether oxygens (including phenoxy) is 1. The van der Waals surface area contributed by atoms with Crippen LogP contribution in [-0.2, 0) is 16.1 Å². The molecule has 0 saturated carbocycles. The number of fused-ring (bicyclic) bond motifs is 2. The van der Waals surface area contributed by atoms with Crippen LogP contribution in [0.3, 0.4) is 0 Å². The Morgan fingerprint density at radius 2 is 1.67 bits per heavy atom. The Hall–Kier alpha value is -3.60. The minimum atomic E-state index is -0.489. The van der Waals surface area contributed by atoms with Crippen LogP contribution in [0.1, 0.15) is 35.1 Å². The molecule has 150 valence electrons. The van der Waals surface area contributed by atoms with Gasteiger partial charge in [0.05, 0.1) is 12.5 Å². The van der Waals surface area contributed by atoms with E-state index in [1.165, 1.54) is 0 Å². The van der Waals surface area contributed by atoms with E-state index in [1.54, 1.807) is 0 Å². The molecule has 5 nitrogen and oxygen atoms in total. The van der Waals surface area contributed by atoms with Gasteiger partial charge in [-0.1, -0.05) is 66.7 Å². The standard InChI is InChI=1S/C25H22N2O3/c28-24-14-20(19-11-5-6-12-21(19)26-24)25(29)27-15-18-10-4-7-13-22(18)30-23(16-27)17-8-2-1-3-9-17/h1-13,20,23H,14-16H2,(H,26,28). The number of hydrogen-bond donors (Lipinski definition) is 1. The van der Waals surface area contributed by atoms with Gasteiger partial charge in [-0.15, -0.1) is 0 Å². The van der Waals surface area contributed by atoms with Gasteiger partial charge in [-0.05, 0) is 23.3 Å². The lowest BCUT2D eigenvalue weighted by Gasteiger charge is -2.31. The summed E-state index contributed by atoms with van der Waals surface area (Å²) in [6.45, 7) is 0.885. The Morgan fingerprint density at radius 1 is 0.933 bits per heavy atom. The number of nitrogens with one attached hydrogen (secondary N) is 1. The number of hydrogen-bond acceptors (Lipinski definition) is 3. The lowest BCUT2D eigenvalue weighted by Crippen LogP contribution is -2.40. The lowest BCUT2D eigenvalue weighted by molar-refractivity contribution is -0.136. The van der Waals surface area contributed by atoms with Crippen molar-refractivity contribution in [3.05, 3.63) is 95.6 Å². The van der Waals surface area contributed by atoms with Gasteiger partial charge in [-0.2, -0.15) is 0 Å². The first-order valence-electron chi connectivity index (χ1n) is 10.2. The van der Waals surface area contributed by atoms with Gasteiger partial charge in [0.25, 0.3) is 0 Å². The molecule has 0 fully saturated rings. The van der Waals surface area contributed by atoms with E-state index in [9.17, 15) is 9.59 Å². The number of carbonyl (C=O) groups excluding carboxylic acids is 2. The zero-order chi connectivity index (χ0) is 20.5. The van der Waals surface area contributed by atoms with Crippen LogP contribution in [0, 0.1) is 0 Å². The van der Waals surface area contributed by atoms with Crippen molar-refractivity contribution in [2.75, 3.05) is 11.9 Å². The molecule has 0 saturated heterocycles. The van der Waals surface area contributed by atoms with E-state index < -0.39 is 5.92 Å². The van der Waals surface area contributed by atoms with Crippen molar-refractivity contribution in [3.8, 4) is 5.75 Å². The van der Waals surface area contributed by atoms with Crippen molar-refractivity contribution >= 4 is 17.5 Å². The third kappa shape index (κ3) is 3.43. The molecule has 1 N–H and O–H groups in total. The summed E-state index contributed by atoms with van der Waals surface area (Å²) in [4.78, 5) is 27.8. The first-order valence-corrected chi connectivity index (χ1v) is 10.2. The van der Waals surface area contributed by atoms with Crippen molar-refractivity contribution in [3.63, 3.8) is 0 Å². The molecule has 0 spiro atoms. The third-order valence-corrected chi connectivity index (χ3v) is 5.77. The molecule has 2 amide bonds. The monoisotopic (exact) mass is 398 g/mol. The van der Waals surface area contributed by atoms with E-state index in [2.05, 4.69) is 5.32 Å². The molecule has 0 bridgehead atoms. The highest BCUT2D eigenvalue weighted by Gasteiger charge is 2.36. The first kappa shape index (κ1) is 18.4. The van der Waals surface area contributed by atoms with Gasteiger partial charge in [0.1, 0.15) is 11.9 Å². The molecule has 30 heavy (non-hydrogen) atoms. The largest absolute Gasteiger partial charge is 0.484 e. The first-order chi connectivity index (χ1) is 14.7. The Labute approximate surface area is 175 Å². The quantitative estimate of drug-likeness (QED) is 0.701. The fourth-order valence-electron chi connectivity index (χ4n) is 4.27. The van der Waals surface area contributed by atoms with Crippen LogP contribution in [0.25, 0.3) is 0 Å². The zero-order valence-corrected chi connectivity index (χ0v) is 16.5. The van der Waals surface area contributed by atoms with Gasteiger partial charge < -0.3 is 15.0 Å². The van der Waals surface area contributed by atoms with Crippen LogP contribution in [-0.4, -0.2) is 23.3 Å². The summed E-state index contributed by atoms with van der Waals surface area (Å²) in [6.07, 6.45) is -0.114. The van der Waals surface area contributed by atoms with E-state index in [1.807, 2.05) is 83.8 Å². The Balaban J connectivity index is 1.51. The minimum absolute atomic E-state index is 0.0430. The average Bonchev–Trinajstić information content (AvgIpc) is 2.98. The number of anilines is 1. The predicted molar refractivity (Wildman–Crippen MR) is 114 cm³/mol. The summed E-state index contributed by atoms with van der Waals surface area (Å²) in [5, 5.41) is 2.88. The second-order valence-corrected chi connectivity index (χ2v) is 7.74. The van der Waals surface area contributed by atoms with Gasteiger partial charge in [-0.3, -0.25) is 9.59 Å². The van der Waals surface area contributed by atoms with Crippen LogP contribution in [0.15, 0.2) is 78.9 Å². The molecule has 2 atom stereocenters. The molecule has 2 unspecified atom stereocenters. The molecule has 5 heteroatoms. The molecule has 2 heterocycles. The predicted octanol–water partition coefficient (Wildman–Crippen LogP) is 4.27. The van der Waals surface area contributed by atoms with Crippen molar-refractivity contribution in [2.45, 2.75) is 25.0 Å². The van der Waals surface area contributed by atoms with Crippen molar-refractivity contribution in [1.29, 1.82) is 0 Å². The zero-order valence-electron chi connectivity index (χ0n) is 16.5. The third-order valence-electron chi connectivity index (χ3n) is 5.77. The van der Waals surface area contributed by atoms with Crippen LogP contribution < -0.4 is 10.1 Å². The second kappa shape index (κ2) is 7.67. The summed E-state index contributed by atoms with van der Waals surface area (Å²) in [6, 6.07) is 25.3. The summed E-state index contributed by atoms with van der Waals surface area (Å²) in [5.41, 5.74) is 3.58. The van der Waals surface area contributed by atoms with Crippen LogP contribution >= 0.6 is 0 Å². The van der Waals surface area contributed by atoms with Gasteiger partial charge in [0.2, 0.25) is 11.8 Å². The Kier molecular flexibility index (Phi) is 4.71. The molecule has 0 radical (unpaired) electrons. The molecule has 2 aliphatic rings.